The van der Waals surface area contributed by atoms with Gasteiger partial charge in [-0.1, -0.05) is 59.6 Å². The summed E-state index contributed by atoms with van der Waals surface area (Å²) in [5, 5.41) is 2.56. The molecule has 1 amide bonds. The van der Waals surface area contributed by atoms with Crippen molar-refractivity contribution in [3.8, 4) is 0 Å². The smallest absolute Gasteiger partial charge is 0.266 e. The Hall–Kier alpha value is -3.28. The molecule has 0 saturated carbocycles. The minimum absolute atomic E-state index is 0.00658. The highest BCUT2D eigenvalue weighted by Crippen LogP contribution is 2.35. The molecule has 3 aromatic carbocycles. The van der Waals surface area contributed by atoms with Crippen LogP contribution in [0.1, 0.15) is 23.6 Å². The predicted octanol–water partition coefficient (Wildman–Crippen LogP) is 7.28. The van der Waals surface area contributed by atoms with E-state index < -0.39 is 0 Å². The summed E-state index contributed by atoms with van der Waals surface area (Å²) in [4.78, 5) is 20.4. The number of carbonyl (C=O) groups is 1. The van der Waals surface area contributed by atoms with E-state index in [0.717, 1.165) is 33.7 Å². The van der Waals surface area contributed by atoms with Gasteiger partial charge in [-0.15, -0.1) is 0 Å². The molecule has 2 heterocycles. The van der Waals surface area contributed by atoms with Crippen LogP contribution in [0.25, 0.3) is 17.0 Å². The summed E-state index contributed by atoms with van der Waals surface area (Å²) in [5.41, 5.74) is 5.34. The fourth-order valence-electron chi connectivity index (χ4n) is 4.05. The van der Waals surface area contributed by atoms with Gasteiger partial charge < -0.3 is 4.57 Å². The lowest BCUT2D eigenvalue weighted by atomic mass is 10.1. The molecule has 5 rings (SSSR count). The van der Waals surface area contributed by atoms with Crippen LogP contribution in [0.3, 0.4) is 0 Å². The van der Waals surface area contributed by atoms with Gasteiger partial charge in [0.1, 0.15) is 0 Å². The van der Waals surface area contributed by atoms with E-state index in [-0.39, 0.29) is 5.91 Å². The van der Waals surface area contributed by atoms with Gasteiger partial charge in [0, 0.05) is 40.8 Å². The van der Waals surface area contributed by atoms with Gasteiger partial charge in [0.05, 0.1) is 10.6 Å². The quantitative estimate of drug-likeness (QED) is 0.278. The van der Waals surface area contributed by atoms with Crippen molar-refractivity contribution in [1.82, 2.24) is 9.47 Å². The molecule has 34 heavy (non-hydrogen) atoms. The third-order valence-electron chi connectivity index (χ3n) is 5.84. The van der Waals surface area contributed by atoms with Crippen molar-refractivity contribution in [3.05, 3.63) is 106 Å². The number of benzene rings is 3. The number of thioether (sulfide) groups is 1. The fraction of sp³-hybridized carbons (Fsp3) is 0.143. The van der Waals surface area contributed by atoms with Gasteiger partial charge in [-0.3, -0.25) is 9.69 Å². The number of likely N-dealkylation sites (N-methyl/N-ethyl adjacent to an activating group) is 1. The lowest BCUT2D eigenvalue weighted by molar-refractivity contribution is -0.122. The Bertz CT molecular complexity index is 1420. The first-order chi connectivity index (χ1) is 16.5. The maximum atomic E-state index is 13.2. The molecule has 6 heteroatoms. The second kappa shape index (κ2) is 9.53. The standard InChI is InChI=1S/C28H24ClN3OS/c1-3-32-27(33)26(34-28(32)30-23-14-8-19(2)9-15-23)16-21-18-31(25-7-5-4-6-24(21)25)17-20-10-12-22(29)13-11-20/h4-16,18H,3,17H2,1-2H3/b26-16+,30-28?. The summed E-state index contributed by atoms with van der Waals surface area (Å²) in [5.74, 6) is -0.00658. The van der Waals surface area contributed by atoms with Gasteiger partial charge in [0.2, 0.25) is 0 Å². The number of hydrogen-bond donors (Lipinski definition) is 0. The van der Waals surface area contributed by atoms with Gasteiger partial charge in [-0.2, -0.15) is 0 Å². The summed E-state index contributed by atoms with van der Waals surface area (Å²) < 4.78 is 2.22. The molecule has 0 bridgehead atoms. The second-order valence-corrected chi connectivity index (χ2v) is 9.69. The Morgan fingerprint density at radius 3 is 2.47 bits per heavy atom. The normalized spacial score (nSPS) is 16.3. The zero-order valence-corrected chi connectivity index (χ0v) is 20.6. The number of amides is 1. The molecule has 1 saturated heterocycles. The van der Waals surface area contributed by atoms with E-state index in [1.165, 1.54) is 22.9 Å². The lowest BCUT2D eigenvalue weighted by Gasteiger charge is -2.11. The molecular weight excluding hydrogens is 462 g/mol. The van der Waals surface area contributed by atoms with Gasteiger partial charge in [0.25, 0.3) is 5.91 Å². The van der Waals surface area contributed by atoms with E-state index in [0.29, 0.717) is 16.6 Å². The first kappa shape index (κ1) is 22.5. The molecular formula is C28H24ClN3OS. The van der Waals surface area contributed by atoms with Crippen molar-refractivity contribution < 1.29 is 4.79 Å². The Morgan fingerprint density at radius 1 is 1.00 bits per heavy atom. The van der Waals surface area contributed by atoms with Crippen molar-refractivity contribution in [3.63, 3.8) is 0 Å². The number of rotatable bonds is 5. The average Bonchev–Trinajstić information content (AvgIpc) is 3.33. The van der Waals surface area contributed by atoms with E-state index in [2.05, 4.69) is 22.9 Å². The summed E-state index contributed by atoms with van der Waals surface area (Å²) in [7, 11) is 0. The average molecular weight is 486 g/mol. The molecule has 0 spiro atoms. The van der Waals surface area contributed by atoms with Crippen LogP contribution in [-0.4, -0.2) is 27.1 Å². The number of hydrogen-bond acceptors (Lipinski definition) is 3. The maximum Gasteiger partial charge on any atom is 0.266 e. The summed E-state index contributed by atoms with van der Waals surface area (Å²) in [6.07, 6.45) is 4.11. The van der Waals surface area contributed by atoms with Crippen LogP contribution in [0.15, 0.2) is 88.9 Å². The molecule has 0 N–H and O–H groups in total. The summed E-state index contributed by atoms with van der Waals surface area (Å²) in [6.45, 7) is 5.33. The number of nitrogens with zero attached hydrogens (tertiary/aromatic N) is 3. The highest BCUT2D eigenvalue weighted by molar-refractivity contribution is 8.18. The third-order valence-corrected chi connectivity index (χ3v) is 7.09. The first-order valence-corrected chi connectivity index (χ1v) is 12.4. The molecule has 1 aliphatic heterocycles. The number of halogens is 1. The van der Waals surface area contributed by atoms with Crippen molar-refractivity contribution in [2.45, 2.75) is 20.4 Å². The Kier molecular flexibility index (Phi) is 6.31. The van der Waals surface area contributed by atoms with Gasteiger partial charge in [-0.25, -0.2) is 4.99 Å². The topological polar surface area (TPSA) is 37.6 Å². The number of amidine groups is 1. The first-order valence-electron chi connectivity index (χ1n) is 11.2. The van der Waals surface area contributed by atoms with E-state index in [1.807, 2.05) is 80.6 Å². The Morgan fingerprint density at radius 2 is 1.74 bits per heavy atom. The predicted molar refractivity (Wildman–Crippen MR) is 144 cm³/mol. The molecule has 0 radical (unpaired) electrons. The van der Waals surface area contributed by atoms with Gasteiger partial charge >= 0.3 is 0 Å². The van der Waals surface area contributed by atoms with E-state index in [4.69, 9.17) is 16.6 Å². The highest BCUT2D eigenvalue weighted by atomic mass is 35.5. The zero-order valence-electron chi connectivity index (χ0n) is 19.0. The Labute approximate surface area is 208 Å². The number of aryl methyl sites for hydroxylation is 1. The Balaban J connectivity index is 1.50. The van der Waals surface area contributed by atoms with E-state index >= 15 is 0 Å². The molecule has 0 aliphatic carbocycles. The molecule has 4 nitrogen and oxygen atoms in total. The maximum absolute atomic E-state index is 13.2. The van der Waals surface area contributed by atoms with E-state index in [9.17, 15) is 4.79 Å². The third kappa shape index (κ3) is 4.54. The van der Waals surface area contributed by atoms with Crippen LogP contribution >= 0.6 is 23.4 Å². The van der Waals surface area contributed by atoms with Crippen molar-refractivity contribution in [1.29, 1.82) is 0 Å². The number of aliphatic imine (C=N–C) groups is 1. The molecule has 0 atom stereocenters. The zero-order chi connectivity index (χ0) is 23.7. The SMILES string of the molecule is CCN1C(=O)/C(=C\c2cn(Cc3ccc(Cl)cc3)c3ccccc23)SC1=Nc1ccc(C)cc1. The number of para-hydroxylation sites is 1. The van der Waals surface area contributed by atoms with E-state index in [1.54, 1.807) is 4.90 Å². The lowest BCUT2D eigenvalue weighted by Crippen LogP contribution is -2.28. The molecule has 1 aromatic heterocycles. The molecule has 1 fully saturated rings. The van der Waals surface area contributed by atoms with Crippen LogP contribution in [0.2, 0.25) is 5.02 Å². The van der Waals surface area contributed by atoms with Gasteiger partial charge in [-0.05, 0) is 67.6 Å². The van der Waals surface area contributed by atoms with Crippen LogP contribution < -0.4 is 0 Å². The van der Waals surface area contributed by atoms with Gasteiger partial charge in [0.15, 0.2) is 5.17 Å². The number of fused-ring (bicyclic) bond motifs is 1. The van der Waals surface area contributed by atoms with Crippen LogP contribution in [0, 0.1) is 6.92 Å². The molecule has 1 aliphatic rings. The number of aromatic nitrogens is 1. The monoisotopic (exact) mass is 485 g/mol. The van der Waals surface area contributed by atoms with Crippen molar-refractivity contribution in [2.75, 3.05) is 6.54 Å². The van der Waals surface area contributed by atoms with Crippen LogP contribution in [0.4, 0.5) is 5.69 Å². The summed E-state index contributed by atoms with van der Waals surface area (Å²) >= 11 is 7.49. The highest BCUT2D eigenvalue weighted by Gasteiger charge is 2.32. The summed E-state index contributed by atoms with van der Waals surface area (Å²) in [6, 6.07) is 24.2. The second-order valence-electron chi connectivity index (χ2n) is 8.25. The van der Waals surface area contributed by atoms with Crippen molar-refractivity contribution >= 4 is 57.1 Å². The molecule has 0 unspecified atom stereocenters. The largest absolute Gasteiger partial charge is 0.342 e. The minimum Gasteiger partial charge on any atom is -0.342 e. The van der Waals surface area contributed by atoms with Crippen LogP contribution in [0.5, 0.6) is 0 Å². The minimum atomic E-state index is -0.00658. The van der Waals surface area contributed by atoms with Crippen molar-refractivity contribution in [2.24, 2.45) is 4.99 Å². The molecule has 170 valence electrons. The molecule has 4 aromatic rings. The van der Waals surface area contributed by atoms with Crippen LogP contribution in [-0.2, 0) is 11.3 Å². The number of carbonyl (C=O) groups excluding carboxylic acids is 1. The fourth-order valence-corrected chi connectivity index (χ4v) is 5.23.